The number of carbonyl (C=O) groups excluding carboxylic acids is 1. The molecule has 2 heterocycles. The van der Waals surface area contributed by atoms with Crippen molar-refractivity contribution in [2.75, 3.05) is 29.0 Å². The Morgan fingerprint density at radius 1 is 0.964 bits per heavy atom. The molecule has 1 aromatic carbocycles. The molecular formula is C19H20FN7O. The van der Waals surface area contributed by atoms with Crippen LogP contribution < -0.4 is 21.3 Å². The van der Waals surface area contributed by atoms with Gasteiger partial charge in [-0.1, -0.05) is 12.1 Å². The van der Waals surface area contributed by atoms with Crippen LogP contribution in [0.4, 0.5) is 32.3 Å². The van der Waals surface area contributed by atoms with E-state index in [1.54, 1.807) is 37.4 Å². The predicted octanol–water partition coefficient (Wildman–Crippen LogP) is 3.30. The van der Waals surface area contributed by atoms with Crippen LogP contribution in [0.2, 0.25) is 0 Å². The maximum absolute atomic E-state index is 13.5. The van der Waals surface area contributed by atoms with E-state index in [-0.39, 0.29) is 5.82 Å². The zero-order valence-corrected chi connectivity index (χ0v) is 15.2. The Hall–Kier alpha value is -3.75. The molecule has 0 saturated carbocycles. The predicted molar refractivity (Wildman–Crippen MR) is 106 cm³/mol. The highest BCUT2D eigenvalue weighted by Crippen LogP contribution is 2.17. The molecule has 2 amide bonds. The Labute approximate surface area is 161 Å². The summed E-state index contributed by atoms with van der Waals surface area (Å²) < 4.78 is 13.5. The molecule has 0 unspecified atom stereocenters. The first-order valence-electron chi connectivity index (χ1n) is 8.67. The molecule has 0 aliphatic carbocycles. The summed E-state index contributed by atoms with van der Waals surface area (Å²) in [5, 5.41) is 19.5. The Balaban J connectivity index is 1.40. The first-order chi connectivity index (χ1) is 13.6. The summed E-state index contributed by atoms with van der Waals surface area (Å²) in [6.45, 7) is 2.42. The number of carbonyl (C=O) groups is 1. The lowest BCUT2D eigenvalue weighted by molar-refractivity contribution is 0.252. The quantitative estimate of drug-likeness (QED) is 0.468. The lowest BCUT2D eigenvalue weighted by Gasteiger charge is -2.11. The van der Waals surface area contributed by atoms with E-state index in [0.29, 0.717) is 41.8 Å². The summed E-state index contributed by atoms with van der Waals surface area (Å²) in [5.74, 6) is 1.47. The van der Waals surface area contributed by atoms with E-state index >= 15 is 0 Å². The van der Waals surface area contributed by atoms with Crippen LogP contribution in [0.1, 0.15) is 5.56 Å². The van der Waals surface area contributed by atoms with Gasteiger partial charge in [-0.2, -0.15) is 0 Å². The number of hydrogen-bond donors (Lipinski definition) is 4. The standard InChI is InChI=1S/C19H20FN7O/c1-13-14(20)5-4-6-15(13)24-19(28)23-12-11-22-17-8-9-18(27-26-17)25-16-7-2-3-10-21-16/h2-10H,11-12H2,1H3,(H,22,26)(H,21,25,27)(H2,23,24,28). The lowest BCUT2D eigenvalue weighted by atomic mass is 10.2. The van der Waals surface area contributed by atoms with Crippen molar-refractivity contribution in [3.63, 3.8) is 0 Å². The monoisotopic (exact) mass is 381 g/mol. The van der Waals surface area contributed by atoms with Crippen LogP contribution in [-0.2, 0) is 0 Å². The van der Waals surface area contributed by atoms with Gasteiger partial charge in [0.1, 0.15) is 17.5 Å². The first kappa shape index (κ1) is 19.0. The van der Waals surface area contributed by atoms with E-state index in [1.807, 2.05) is 18.2 Å². The molecular weight excluding hydrogens is 361 g/mol. The Morgan fingerprint density at radius 2 is 1.79 bits per heavy atom. The van der Waals surface area contributed by atoms with E-state index in [2.05, 4.69) is 36.4 Å². The third-order valence-corrected chi connectivity index (χ3v) is 3.82. The number of halogens is 1. The van der Waals surface area contributed by atoms with Crippen LogP contribution in [0.3, 0.4) is 0 Å². The highest BCUT2D eigenvalue weighted by Gasteiger charge is 2.06. The maximum Gasteiger partial charge on any atom is 0.319 e. The first-order valence-corrected chi connectivity index (χ1v) is 8.67. The average molecular weight is 381 g/mol. The van der Waals surface area contributed by atoms with E-state index in [1.165, 1.54) is 6.07 Å². The highest BCUT2D eigenvalue weighted by molar-refractivity contribution is 5.90. The van der Waals surface area contributed by atoms with Crippen molar-refractivity contribution in [2.45, 2.75) is 6.92 Å². The van der Waals surface area contributed by atoms with Crippen molar-refractivity contribution in [1.29, 1.82) is 0 Å². The molecule has 9 heteroatoms. The molecule has 0 saturated heterocycles. The Bertz CT molecular complexity index is 919. The zero-order valence-electron chi connectivity index (χ0n) is 15.2. The van der Waals surface area contributed by atoms with Gasteiger partial charge in [-0.15, -0.1) is 10.2 Å². The number of hydrogen-bond acceptors (Lipinski definition) is 6. The van der Waals surface area contributed by atoms with Crippen LogP contribution >= 0.6 is 0 Å². The minimum atomic E-state index is -0.406. The lowest BCUT2D eigenvalue weighted by Crippen LogP contribution is -2.33. The number of pyridine rings is 1. The van der Waals surface area contributed by atoms with Gasteiger partial charge in [0.15, 0.2) is 5.82 Å². The fraction of sp³-hybridized carbons (Fsp3) is 0.158. The number of rotatable bonds is 7. The molecule has 0 aliphatic heterocycles. The van der Waals surface area contributed by atoms with Crippen molar-refractivity contribution < 1.29 is 9.18 Å². The van der Waals surface area contributed by atoms with Crippen molar-refractivity contribution in [2.24, 2.45) is 0 Å². The third-order valence-electron chi connectivity index (χ3n) is 3.82. The summed E-state index contributed by atoms with van der Waals surface area (Å²) in [7, 11) is 0. The number of anilines is 4. The summed E-state index contributed by atoms with van der Waals surface area (Å²) in [5.41, 5.74) is 0.831. The van der Waals surface area contributed by atoms with Gasteiger partial charge in [-0.3, -0.25) is 0 Å². The summed E-state index contributed by atoms with van der Waals surface area (Å²) >= 11 is 0. The molecule has 0 radical (unpaired) electrons. The van der Waals surface area contributed by atoms with Crippen LogP contribution in [0.25, 0.3) is 0 Å². The molecule has 4 N–H and O–H groups in total. The Morgan fingerprint density at radius 3 is 2.54 bits per heavy atom. The molecule has 2 aromatic heterocycles. The fourth-order valence-corrected chi connectivity index (χ4v) is 2.34. The minimum absolute atomic E-state index is 0.357. The maximum atomic E-state index is 13.5. The zero-order chi connectivity index (χ0) is 19.8. The van der Waals surface area contributed by atoms with Crippen LogP contribution in [0, 0.1) is 12.7 Å². The van der Waals surface area contributed by atoms with Crippen LogP contribution in [0.5, 0.6) is 0 Å². The van der Waals surface area contributed by atoms with E-state index in [4.69, 9.17) is 0 Å². The SMILES string of the molecule is Cc1c(F)cccc1NC(=O)NCCNc1ccc(Nc2ccccn2)nn1. The van der Waals surface area contributed by atoms with Gasteiger partial charge in [0.25, 0.3) is 0 Å². The average Bonchev–Trinajstić information content (AvgIpc) is 2.71. The summed E-state index contributed by atoms with van der Waals surface area (Å²) in [6, 6.07) is 13.2. The molecule has 0 atom stereocenters. The van der Waals surface area contributed by atoms with Crippen molar-refractivity contribution in [3.8, 4) is 0 Å². The normalized spacial score (nSPS) is 10.2. The number of nitrogens with one attached hydrogen (secondary N) is 4. The van der Waals surface area contributed by atoms with Gasteiger partial charge in [-0.05, 0) is 43.3 Å². The molecule has 28 heavy (non-hydrogen) atoms. The van der Waals surface area contributed by atoms with Crippen molar-refractivity contribution in [3.05, 3.63) is 66.1 Å². The van der Waals surface area contributed by atoms with E-state index in [0.717, 1.165) is 0 Å². The minimum Gasteiger partial charge on any atom is -0.367 e. The third kappa shape index (κ3) is 5.37. The van der Waals surface area contributed by atoms with Gasteiger partial charge in [0, 0.05) is 30.5 Å². The van der Waals surface area contributed by atoms with Gasteiger partial charge < -0.3 is 21.3 Å². The number of aromatic nitrogens is 3. The van der Waals surface area contributed by atoms with Crippen LogP contribution in [0.15, 0.2) is 54.7 Å². The molecule has 3 aromatic rings. The number of amides is 2. The molecule has 3 rings (SSSR count). The molecule has 0 fully saturated rings. The topological polar surface area (TPSA) is 104 Å². The van der Waals surface area contributed by atoms with E-state index in [9.17, 15) is 9.18 Å². The molecule has 0 bridgehead atoms. The summed E-state index contributed by atoms with van der Waals surface area (Å²) in [4.78, 5) is 16.0. The Kier molecular flexibility index (Phi) is 6.29. The number of urea groups is 1. The highest BCUT2D eigenvalue weighted by atomic mass is 19.1. The molecule has 8 nitrogen and oxygen atoms in total. The smallest absolute Gasteiger partial charge is 0.319 e. The second-order valence-corrected chi connectivity index (χ2v) is 5.86. The van der Waals surface area contributed by atoms with Gasteiger partial charge in [0.05, 0.1) is 0 Å². The largest absolute Gasteiger partial charge is 0.367 e. The van der Waals surface area contributed by atoms with Gasteiger partial charge >= 0.3 is 6.03 Å². The van der Waals surface area contributed by atoms with Crippen LogP contribution in [-0.4, -0.2) is 34.3 Å². The second-order valence-electron chi connectivity index (χ2n) is 5.86. The second kappa shape index (κ2) is 9.26. The number of benzene rings is 1. The number of nitrogens with zero attached hydrogens (tertiary/aromatic N) is 3. The summed E-state index contributed by atoms with van der Waals surface area (Å²) in [6.07, 6.45) is 1.68. The van der Waals surface area contributed by atoms with Crippen molar-refractivity contribution >= 4 is 29.2 Å². The molecule has 0 spiro atoms. The molecule has 0 aliphatic rings. The van der Waals surface area contributed by atoms with Crippen molar-refractivity contribution in [1.82, 2.24) is 20.5 Å². The van der Waals surface area contributed by atoms with Gasteiger partial charge in [-0.25, -0.2) is 14.2 Å². The van der Waals surface area contributed by atoms with Gasteiger partial charge in [0.2, 0.25) is 0 Å². The molecule has 144 valence electrons. The van der Waals surface area contributed by atoms with E-state index < -0.39 is 6.03 Å². The fourth-order valence-electron chi connectivity index (χ4n) is 2.34.